The van der Waals surface area contributed by atoms with Crippen molar-refractivity contribution in [2.75, 3.05) is 12.0 Å². The molecule has 0 fully saturated rings. The maximum Gasteiger partial charge on any atom is 0.279 e. The van der Waals surface area contributed by atoms with Crippen LogP contribution in [0.25, 0.3) is 10.2 Å². The molecular weight excluding hydrogens is 394 g/mol. The molecule has 0 aliphatic rings. The van der Waals surface area contributed by atoms with Gasteiger partial charge in [-0.15, -0.1) is 0 Å². The fraction of sp³-hybridized carbons (Fsp3) is 0.176. The van der Waals surface area contributed by atoms with E-state index < -0.39 is 4.92 Å². The van der Waals surface area contributed by atoms with Crippen molar-refractivity contribution < 1.29 is 9.72 Å². The summed E-state index contributed by atoms with van der Waals surface area (Å²) in [4.78, 5) is 27.8. The smallest absolute Gasteiger partial charge is 0.279 e. The molecule has 1 aromatic heterocycles. The molecule has 0 aliphatic carbocycles. The van der Waals surface area contributed by atoms with Crippen molar-refractivity contribution in [3.05, 3.63) is 68.0 Å². The summed E-state index contributed by atoms with van der Waals surface area (Å²) in [6, 6.07) is 11.2. The van der Waals surface area contributed by atoms with Crippen LogP contribution < -0.4 is 4.80 Å². The monoisotopic (exact) mass is 407 g/mol. The van der Waals surface area contributed by atoms with Crippen molar-refractivity contribution in [2.24, 2.45) is 4.99 Å². The average Bonchev–Trinajstić information content (AvgIpc) is 2.96. The van der Waals surface area contributed by atoms with Crippen LogP contribution in [0.5, 0.6) is 0 Å². The first-order valence-corrected chi connectivity index (χ1v) is 10.2. The second-order valence-electron chi connectivity index (χ2n) is 5.36. The minimum atomic E-state index is -0.429. The number of aryl methyl sites for hydroxylation is 1. The minimum Gasteiger partial charge on any atom is -0.315 e. The maximum absolute atomic E-state index is 12.5. The van der Waals surface area contributed by atoms with Crippen molar-refractivity contribution in [3.63, 3.8) is 0 Å². The normalized spacial score (nSPS) is 11.8. The van der Waals surface area contributed by atoms with E-state index in [1.54, 1.807) is 42.1 Å². The predicted octanol–water partition coefficient (Wildman–Crippen LogP) is 4.37. The van der Waals surface area contributed by atoms with E-state index in [0.717, 1.165) is 16.0 Å². The van der Waals surface area contributed by atoms with E-state index in [9.17, 15) is 14.9 Å². The Balaban J connectivity index is 2.11. The molecule has 9 heteroatoms. The zero-order chi connectivity index (χ0) is 18.7. The number of nitrogens with zero attached hydrogens (tertiary/aromatic N) is 3. The Labute approximate surface area is 162 Å². The molecular formula is C17H14ClN3O3S2. The van der Waals surface area contributed by atoms with Gasteiger partial charge in [-0.1, -0.05) is 22.9 Å². The molecule has 3 rings (SSSR count). The van der Waals surface area contributed by atoms with Crippen molar-refractivity contribution in [2.45, 2.75) is 6.54 Å². The highest BCUT2D eigenvalue weighted by molar-refractivity contribution is 7.98. The van der Waals surface area contributed by atoms with Crippen LogP contribution in [0.1, 0.15) is 10.4 Å². The summed E-state index contributed by atoms with van der Waals surface area (Å²) < 4.78 is 2.65. The number of hydrogen-bond acceptors (Lipinski definition) is 5. The Hall–Kier alpha value is -2.16. The Morgan fingerprint density at radius 2 is 2.04 bits per heavy atom. The second kappa shape index (κ2) is 8.03. The number of nitro benzene ring substituents is 1. The van der Waals surface area contributed by atoms with Crippen LogP contribution in [0.4, 0.5) is 5.69 Å². The first kappa shape index (κ1) is 18.6. The molecule has 2 aromatic carbocycles. The Bertz CT molecular complexity index is 1040. The molecule has 134 valence electrons. The summed E-state index contributed by atoms with van der Waals surface area (Å²) in [6.45, 7) is 0.658. The summed E-state index contributed by atoms with van der Waals surface area (Å²) in [5.41, 5.74) is 1.29. The lowest BCUT2D eigenvalue weighted by Gasteiger charge is -2.03. The van der Waals surface area contributed by atoms with Crippen LogP contribution in [0.3, 0.4) is 0 Å². The van der Waals surface area contributed by atoms with Crippen LogP contribution in [-0.2, 0) is 6.54 Å². The first-order chi connectivity index (χ1) is 12.5. The number of carbonyl (C=O) groups excluding carboxylic acids is 1. The number of halogens is 1. The molecule has 0 atom stereocenters. The molecule has 0 spiro atoms. The summed E-state index contributed by atoms with van der Waals surface area (Å²) in [5.74, 6) is 0.464. The number of amides is 1. The molecule has 1 amide bonds. The molecule has 6 nitrogen and oxygen atoms in total. The minimum absolute atomic E-state index is 0.0198. The van der Waals surface area contributed by atoms with Crippen LogP contribution >= 0.6 is 34.7 Å². The number of non-ortho nitro benzene ring substituents is 1. The van der Waals surface area contributed by atoms with E-state index in [4.69, 9.17) is 11.6 Å². The van der Waals surface area contributed by atoms with Gasteiger partial charge in [-0.25, -0.2) is 0 Å². The Kier molecular flexibility index (Phi) is 5.75. The maximum atomic E-state index is 12.5. The SMILES string of the molecule is CSCCn1c(=NC(=O)c2ccc(Cl)cc2)sc2cc([N+](=O)[O-])ccc21. The predicted molar refractivity (Wildman–Crippen MR) is 106 cm³/mol. The molecule has 0 bridgehead atoms. The summed E-state index contributed by atoms with van der Waals surface area (Å²) >= 11 is 8.80. The highest BCUT2D eigenvalue weighted by Crippen LogP contribution is 2.23. The lowest BCUT2D eigenvalue weighted by molar-refractivity contribution is -0.384. The molecule has 0 saturated carbocycles. The zero-order valence-electron chi connectivity index (χ0n) is 13.7. The number of benzene rings is 2. The van der Waals surface area contributed by atoms with E-state index in [1.165, 1.54) is 23.5 Å². The molecule has 1 heterocycles. The fourth-order valence-corrected chi connectivity index (χ4v) is 3.98. The van der Waals surface area contributed by atoms with E-state index in [-0.39, 0.29) is 11.6 Å². The zero-order valence-corrected chi connectivity index (χ0v) is 16.1. The van der Waals surface area contributed by atoms with Gasteiger partial charge >= 0.3 is 0 Å². The highest BCUT2D eigenvalue weighted by Gasteiger charge is 2.13. The van der Waals surface area contributed by atoms with Gasteiger partial charge in [0.15, 0.2) is 4.80 Å². The topological polar surface area (TPSA) is 77.5 Å². The van der Waals surface area contributed by atoms with Crippen molar-refractivity contribution >= 4 is 56.5 Å². The van der Waals surface area contributed by atoms with E-state index in [2.05, 4.69) is 4.99 Å². The van der Waals surface area contributed by atoms with Gasteiger partial charge in [0.25, 0.3) is 11.6 Å². The van der Waals surface area contributed by atoms with Crippen molar-refractivity contribution in [1.29, 1.82) is 0 Å². The van der Waals surface area contributed by atoms with Gasteiger partial charge in [0, 0.05) is 35.0 Å². The van der Waals surface area contributed by atoms with Gasteiger partial charge in [-0.05, 0) is 36.6 Å². The van der Waals surface area contributed by atoms with Gasteiger partial charge in [0.2, 0.25) is 0 Å². The van der Waals surface area contributed by atoms with Crippen molar-refractivity contribution in [3.8, 4) is 0 Å². The number of nitro groups is 1. The van der Waals surface area contributed by atoms with E-state index in [1.807, 2.05) is 10.8 Å². The fourth-order valence-electron chi connectivity index (χ4n) is 2.40. The van der Waals surface area contributed by atoms with Gasteiger partial charge in [-0.2, -0.15) is 16.8 Å². The largest absolute Gasteiger partial charge is 0.315 e. The van der Waals surface area contributed by atoms with E-state index >= 15 is 0 Å². The lowest BCUT2D eigenvalue weighted by Crippen LogP contribution is -2.18. The first-order valence-electron chi connectivity index (χ1n) is 7.61. The number of thiazole rings is 1. The Morgan fingerprint density at radius 1 is 1.31 bits per heavy atom. The van der Waals surface area contributed by atoms with Crippen LogP contribution in [0.15, 0.2) is 47.5 Å². The van der Waals surface area contributed by atoms with Crippen LogP contribution in [0.2, 0.25) is 5.02 Å². The molecule has 26 heavy (non-hydrogen) atoms. The highest BCUT2D eigenvalue weighted by atomic mass is 35.5. The number of thioether (sulfide) groups is 1. The number of aromatic nitrogens is 1. The number of carbonyl (C=O) groups is 1. The van der Waals surface area contributed by atoms with Gasteiger partial charge in [0.05, 0.1) is 15.1 Å². The number of rotatable bonds is 5. The number of hydrogen-bond donors (Lipinski definition) is 0. The lowest BCUT2D eigenvalue weighted by atomic mass is 10.2. The standard InChI is InChI=1S/C17H14ClN3O3S2/c1-25-9-8-20-14-7-6-13(21(23)24)10-15(14)26-17(20)19-16(22)11-2-4-12(18)5-3-11/h2-7,10H,8-9H2,1H3. The molecule has 0 saturated heterocycles. The van der Waals surface area contributed by atoms with Gasteiger partial charge in [0.1, 0.15) is 0 Å². The second-order valence-corrected chi connectivity index (χ2v) is 7.79. The number of fused-ring (bicyclic) bond motifs is 1. The molecule has 0 radical (unpaired) electrons. The summed E-state index contributed by atoms with van der Waals surface area (Å²) in [6.07, 6.45) is 2.00. The molecule has 0 aliphatic heterocycles. The van der Waals surface area contributed by atoms with Crippen LogP contribution in [-0.4, -0.2) is 27.4 Å². The molecule has 0 N–H and O–H groups in total. The summed E-state index contributed by atoms with van der Waals surface area (Å²) in [7, 11) is 0. The molecule has 3 aromatic rings. The Morgan fingerprint density at radius 3 is 2.69 bits per heavy atom. The van der Waals surface area contributed by atoms with Gasteiger partial charge < -0.3 is 4.57 Å². The third kappa shape index (κ3) is 3.98. The summed E-state index contributed by atoms with van der Waals surface area (Å²) in [5, 5.41) is 11.6. The van der Waals surface area contributed by atoms with E-state index in [0.29, 0.717) is 21.9 Å². The van der Waals surface area contributed by atoms with Crippen molar-refractivity contribution in [1.82, 2.24) is 4.57 Å². The third-order valence-electron chi connectivity index (χ3n) is 3.68. The molecule has 0 unspecified atom stereocenters. The average molecular weight is 408 g/mol. The van der Waals surface area contributed by atoms with Crippen LogP contribution in [0, 0.1) is 10.1 Å². The quantitative estimate of drug-likeness (QED) is 0.464. The third-order valence-corrected chi connectivity index (χ3v) is 5.57. The van der Waals surface area contributed by atoms with Gasteiger partial charge in [-0.3, -0.25) is 14.9 Å².